The second-order valence-corrected chi connectivity index (χ2v) is 4.60. The van der Waals surface area contributed by atoms with Crippen molar-refractivity contribution in [2.45, 2.75) is 32.7 Å². The van der Waals surface area contributed by atoms with Gasteiger partial charge >= 0.3 is 0 Å². The van der Waals surface area contributed by atoms with E-state index in [9.17, 15) is 0 Å². The van der Waals surface area contributed by atoms with E-state index in [-0.39, 0.29) is 0 Å². The van der Waals surface area contributed by atoms with Gasteiger partial charge in [-0.05, 0) is 37.1 Å². The van der Waals surface area contributed by atoms with Crippen molar-refractivity contribution in [2.24, 2.45) is 17.8 Å². The van der Waals surface area contributed by atoms with Crippen LogP contribution >= 0.6 is 0 Å². The lowest BCUT2D eigenvalue weighted by molar-refractivity contribution is 0.397. The van der Waals surface area contributed by atoms with E-state index >= 15 is 0 Å². The Morgan fingerprint density at radius 2 is 2.17 bits per heavy atom. The summed E-state index contributed by atoms with van der Waals surface area (Å²) < 4.78 is 0. The highest BCUT2D eigenvalue weighted by Gasteiger charge is 2.34. The van der Waals surface area contributed by atoms with Crippen LogP contribution in [-0.4, -0.2) is 12.6 Å². The molecule has 0 aromatic rings. The molecule has 0 amide bonds. The minimum absolute atomic E-state index is 0.646. The molecule has 0 aromatic heterocycles. The molecule has 2 bridgehead atoms. The van der Waals surface area contributed by atoms with Crippen LogP contribution < -0.4 is 5.32 Å². The normalized spacial score (nSPS) is 38.4. The fourth-order valence-electron chi connectivity index (χ4n) is 2.52. The van der Waals surface area contributed by atoms with Crippen LogP contribution in [0.5, 0.6) is 0 Å². The van der Waals surface area contributed by atoms with Gasteiger partial charge in [0.25, 0.3) is 0 Å². The minimum Gasteiger partial charge on any atom is -0.314 e. The number of nitrogens with one attached hydrogen (secondary N) is 1. The quantitative estimate of drug-likeness (QED) is 0.632. The Hall–Kier alpha value is -0.300. The van der Waals surface area contributed by atoms with Crippen molar-refractivity contribution in [1.29, 1.82) is 0 Å². The number of rotatable bonds is 3. The summed E-state index contributed by atoms with van der Waals surface area (Å²) >= 11 is 0. The molecular formula is C11H19N. The lowest BCUT2D eigenvalue weighted by Crippen LogP contribution is -2.30. The summed E-state index contributed by atoms with van der Waals surface area (Å²) in [6.07, 6.45) is 7.71. The third-order valence-electron chi connectivity index (χ3n) is 3.20. The van der Waals surface area contributed by atoms with Crippen molar-refractivity contribution in [3.8, 4) is 0 Å². The van der Waals surface area contributed by atoms with Gasteiger partial charge in [-0.25, -0.2) is 0 Å². The molecule has 3 atom stereocenters. The summed E-state index contributed by atoms with van der Waals surface area (Å²) in [7, 11) is 0. The third kappa shape index (κ3) is 1.56. The van der Waals surface area contributed by atoms with E-state index < -0.39 is 0 Å². The van der Waals surface area contributed by atoms with E-state index in [1.165, 1.54) is 19.4 Å². The van der Waals surface area contributed by atoms with E-state index in [0.717, 1.165) is 17.8 Å². The van der Waals surface area contributed by atoms with E-state index in [2.05, 4.69) is 31.3 Å². The van der Waals surface area contributed by atoms with Crippen molar-refractivity contribution in [1.82, 2.24) is 5.32 Å². The van der Waals surface area contributed by atoms with Gasteiger partial charge in [0.2, 0.25) is 0 Å². The Morgan fingerprint density at radius 1 is 1.33 bits per heavy atom. The molecular weight excluding hydrogens is 146 g/mol. The number of hydrogen-bond donors (Lipinski definition) is 1. The first kappa shape index (κ1) is 8.31. The van der Waals surface area contributed by atoms with Gasteiger partial charge in [0.05, 0.1) is 0 Å². The first-order chi connectivity index (χ1) is 5.75. The first-order valence-electron chi connectivity index (χ1n) is 5.17. The Bertz CT molecular complexity index is 183. The molecule has 68 valence electrons. The molecule has 1 fully saturated rings. The molecule has 0 unspecified atom stereocenters. The summed E-state index contributed by atoms with van der Waals surface area (Å²) in [5.74, 6) is 2.76. The molecule has 0 heterocycles. The number of hydrogen-bond acceptors (Lipinski definition) is 1. The number of allylic oxidation sites excluding steroid dienone is 2. The predicted molar refractivity (Wildman–Crippen MR) is 52.0 cm³/mol. The van der Waals surface area contributed by atoms with Crippen molar-refractivity contribution in [3.05, 3.63) is 12.2 Å². The van der Waals surface area contributed by atoms with Gasteiger partial charge in [-0.15, -0.1) is 0 Å². The van der Waals surface area contributed by atoms with Gasteiger partial charge in [0.15, 0.2) is 0 Å². The Morgan fingerprint density at radius 3 is 2.67 bits per heavy atom. The standard InChI is InChI=1S/C11H19N/c1-8(2)12-7-11-6-9-3-4-10(11)5-9/h3-4,8-12H,5-7H2,1-2H3/t9-,10-,11-/m0/s1. The van der Waals surface area contributed by atoms with E-state index in [1.54, 1.807) is 0 Å². The van der Waals surface area contributed by atoms with Crippen LogP contribution in [0.3, 0.4) is 0 Å². The monoisotopic (exact) mass is 165 g/mol. The maximum Gasteiger partial charge on any atom is 0.00104 e. The molecule has 0 aromatic carbocycles. The molecule has 1 nitrogen and oxygen atoms in total. The summed E-state index contributed by atoms with van der Waals surface area (Å²) in [4.78, 5) is 0. The number of fused-ring (bicyclic) bond motifs is 2. The second kappa shape index (κ2) is 3.21. The topological polar surface area (TPSA) is 12.0 Å². The molecule has 1 N–H and O–H groups in total. The van der Waals surface area contributed by atoms with Gasteiger partial charge in [0, 0.05) is 6.04 Å². The Labute approximate surface area is 75.2 Å². The van der Waals surface area contributed by atoms with Crippen molar-refractivity contribution >= 4 is 0 Å². The molecule has 0 radical (unpaired) electrons. The highest BCUT2D eigenvalue weighted by atomic mass is 14.9. The molecule has 1 heteroatoms. The Balaban J connectivity index is 1.80. The summed E-state index contributed by atoms with van der Waals surface area (Å²) in [6, 6.07) is 0.646. The smallest absolute Gasteiger partial charge is 0.00104 e. The average molecular weight is 165 g/mol. The van der Waals surface area contributed by atoms with Gasteiger partial charge in [-0.3, -0.25) is 0 Å². The average Bonchev–Trinajstić information content (AvgIpc) is 2.60. The second-order valence-electron chi connectivity index (χ2n) is 4.60. The van der Waals surface area contributed by atoms with Crippen LogP contribution in [0.15, 0.2) is 12.2 Å². The molecule has 2 aliphatic carbocycles. The zero-order valence-electron chi connectivity index (χ0n) is 8.09. The summed E-state index contributed by atoms with van der Waals surface area (Å²) in [5.41, 5.74) is 0. The highest BCUT2D eigenvalue weighted by Crippen LogP contribution is 2.42. The third-order valence-corrected chi connectivity index (χ3v) is 3.20. The van der Waals surface area contributed by atoms with Crippen LogP contribution in [0.4, 0.5) is 0 Å². The summed E-state index contributed by atoms with van der Waals surface area (Å²) in [6.45, 7) is 5.68. The SMILES string of the molecule is CC(C)NC[C@@H]1C[C@H]2C=C[C@H]1C2. The van der Waals surface area contributed by atoms with Gasteiger partial charge < -0.3 is 5.32 Å². The van der Waals surface area contributed by atoms with Gasteiger partial charge in [-0.1, -0.05) is 26.0 Å². The maximum absolute atomic E-state index is 3.54. The molecule has 2 aliphatic rings. The minimum atomic E-state index is 0.646. The zero-order valence-corrected chi connectivity index (χ0v) is 8.09. The molecule has 2 rings (SSSR count). The van der Waals surface area contributed by atoms with Crippen molar-refractivity contribution in [2.75, 3.05) is 6.54 Å². The van der Waals surface area contributed by atoms with E-state index in [0.29, 0.717) is 6.04 Å². The van der Waals surface area contributed by atoms with E-state index in [1.807, 2.05) is 0 Å². The molecule has 0 saturated heterocycles. The van der Waals surface area contributed by atoms with Crippen LogP contribution in [-0.2, 0) is 0 Å². The highest BCUT2D eigenvalue weighted by molar-refractivity contribution is 5.10. The molecule has 0 aliphatic heterocycles. The van der Waals surface area contributed by atoms with Crippen molar-refractivity contribution < 1.29 is 0 Å². The lowest BCUT2D eigenvalue weighted by atomic mass is 9.93. The van der Waals surface area contributed by atoms with E-state index in [4.69, 9.17) is 0 Å². The summed E-state index contributed by atoms with van der Waals surface area (Å²) in [5, 5.41) is 3.54. The zero-order chi connectivity index (χ0) is 8.55. The fraction of sp³-hybridized carbons (Fsp3) is 0.818. The lowest BCUT2D eigenvalue weighted by Gasteiger charge is -2.19. The first-order valence-corrected chi connectivity index (χ1v) is 5.17. The van der Waals surface area contributed by atoms with Gasteiger partial charge in [0.1, 0.15) is 0 Å². The van der Waals surface area contributed by atoms with Crippen molar-refractivity contribution in [3.63, 3.8) is 0 Å². The molecule has 1 saturated carbocycles. The van der Waals surface area contributed by atoms with Gasteiger partial charge in [-0.2, -0.15) is 0 Å². The fourth-order valence-corrected chi connectivity index (χ4v) is 2.52. The van der Waals surface area contributed by atoms with Crippen LogP contribution in [0.1, 0.15) is 26.7 Å². The van der Waals surface area contributed by atoms with Crippen LogP contribution in [0, 0.1) is 17.8 Å². The van der Waals surface area contributed by atoms with Crippen LogP contribution in [0.25, 0.3) is 0 Å². The predicted octanol–water partition coefficient (Wildman–Crippen LogP) is 2.20. The maximum atomic E-state index is 3.54. The Kier molecular flexibility index (Phi) is 2.22. The largest absolute Gasteiger partial charge is 0.314 e. The van der Waals surface area contributed by atoms with Crippen LogP contribution in [0.2, 0.25) is 0 Å². The molecule has 12 heavy (non-hydrogen) atoms. The molecule has 0 spiro atoms.